The maximum atomic E-state index is 13.0. The zero-order valence-electron chi connectivity index (χ0n) is 23.1. The molecule has 0 saturated heterocycles. The first-order valence-electron chi connectivity index (χ1n) is 13.3. The molecule has 37 heavy (non-hydrogen) atoms. The zero-order chi connectivity index (χ0) is 26.5. The van der Waals surface area contributed by atoms with Gasteiger partial charge in [-0.25, -0.2) is 4.99 Å². The summed E-state index contributed by atoms with van der Waals surface area (Å²) in [6.07, 6.45) is 14.9. The van der Waals surface area contributed by atoms with Crippen LogP contribution in [0.5, 0.6) is 0 Å². The predicted octanol–water partition coefficient (Wildman–Crippen LogP) is 6.08. The first kappa shape index (κ1) is 26.9. The fraction of sp³-hybridized carbons (Fsp3) is 0.533. The third-order valence-electron chi connectivity index (χ3n) is 7.75. The largest absolute Gasteiger partial charge is 0.481 e. The van der Waals surface area contributed by atoms with E-state index in [-0.39, 0.29) is 11.9 Å². The van der Waals surface area contributed by atoms with Crippen molar-refractivity contribution in [3.05, 3.63) is 63.8 Å². The van der Waals surface area contributed by atoms with E-state index in [2.05, 4.69) is 39.8 Å². The highest BCUT2D eigenvalue weighted by atomic mass is 16.5. The molecule has 7 heteroatoms. The molecule has 1 fully saturated rings. The van der Waals surface area contributed by atoms with E-state index in [9.17, 15) is 4.79 Å². The van der Waals surface area contributed by atoms with Crippen LogP contribution in [0.3, 0.4) is 0 Å². The van der Waals surface area contributed by atoms with Gasteiger partial charge in [0.2, 0.25) is 5.90 Å². The highest BCUT2D eigenvalue weighted by Crippen LogP contribution is 2.38. The van der Waals surface area contributed by atoms with Gasteiger partial charge in [0, 0.05) is 18.3 Å². The van der Waals surface area contributed by atoms with Crippen LogP contribution in [0.2, 0.25) is 0 Å². The Hall–Kier alpha value is -3.15. The topological polar surface area (TPSA) is 77.7 Å². The summed E-state index contributed by atoms with van der Waals surface area (Å²) in [5.41, 5.74) is 10.6. The van der Waals surface area contributed by atoms with Crippen LogP contribution in [0.1, 0.15) is 94.7 Å². The number of hydrogen-bond acceptors (Lipinski definition) is 5. The Balaban J connectivity index is 1.60. The molecule has 1 aromatic rings. The summed E-state index contributed by atoms with van der Waals surface area (Å²) in [7, 11) is 3.44. The molecule has 1 aromatic heterocycles. The number of hydrogen-bond donors (Lipinski definition) is 1. The molecule has 0 bridgehead atoms. The highest BCUT2D eigenvalue weighted by Gasteiger charge is 2.35. The average Bonchev–Trinajstić information content (AvgIpc) is 3.25. The van der Waals surface area contributed by atoms with E-state index in [4.69, 9.17) is 14.6 Å². The number of methoxy groups -OCH3 is 2. The number of allylic oxidation sites excluding steroid dienone is 5. The predicted molar refractivity (Wildman–Crippen MR) is 147 cm³/mol. The smallest absolute Gasteiger partial charge is 0.255 e. The minimum Gasteiger partial charge on any atom is -0.481 e. The molecule has 0 spiro atoms. The minimum absolute atomic E-state index is 0.00444. The maximum Gasteiger partial charge on any atom is 0.255 e. The number of aliphatic imine (C=N–C) groups is 1. The van der Waals surface area contributed by atoms with Gasteiger partial charge in [0.25, 0.3) is 5.91 Å². The molecule has 2 aliphatic carbocycles. The van der Waals surface area contributed by atoms with Crippen LogP contribution in [-0.2, 0) is 9.47 Å². The lowest BCUT2D eigenvalue weighted by Gasteiger charge is -2.32. The third kappa shape index (κ3) is 6.06. The second-order valence-electron chi connectivity index (χ2n) is 10.5. The standard InChI is InChI=1S/C30H40N4O3/c1-19(2)15-16-31-30(37-6)21(4)20(3)17-22-7-13-25-27(14-8-22)33-29(35)26-18-32-34(28(25)26)23-9-11-24(36-5)12-10-23/h7,13,16,18,23-24,27H,8-12,14,17H2,1-6H3,(H,33,35)/b21-20+,31-30+. The van der Waals surface area contributed by atoms with E-state index < -0.39 is 0 Å². The van der Waals surface area contributed by atoms with Gasteiger partial charge in [-0.15, -0.1) is 5.73 Å². The zero-order valence-corrected chi connectivity index (χ0v) is 23.1. The van der Waals surface area contributed by atoms with E-state index in [0.29, 0.717) is 23.6 Å². The molecule has 4 rings (SSSR count). The summed E-state index contributed by atoms with van der Waals surface area (Å²) in [5.74, 6) is 0.589. The van der Waals surface area contributed by atoms with Gasteiger partial charge < -0.3 is 14.8 Å². The lowest BCUT2D eigenvalue weighted by molar-refractivity contribution is 0.0566. The Morgan fingerprint density at radius 1 is 1.16 bits per heavy atom. The molecule has 198 valence electrons. The molecule has 2 heterocycles. The number of fused-ring (bicyclic) bond motifs is 3. The van der Waals surface area contributed by atoms with Gasteiger partial charge in [-0.3, -0.25) is 9.48 Å². The van der Waals surface area contributed by atoms with Gasteiger partial charge in [0.1, 0.15) is 0 Å². The fourth-order valence-corrected chi connectivity index (χ4v) is 5.47. The first-order chi connectivity index (χ1) is 17.8. The van der Waals surface area contributed by atoms with Crippen LogP contribution in [0, 0.1) is 0 Å². The van der Waals surface area contributed by atoms with E-state index in [0.717, 1.165) is 61.8 Å². The van der Waals surface area contributed by atoms with Crippen LogP contribution in [0.15, 0.2) is 57.6 Å². The van der Waals surface area contributed by atoms with Gasteiger partial charge in [-0.1, -0.05) is 23.3 Å². The number of rotatable bonds is 6. The molecule has 7 nitrogen and oxygen atoms in total. The highest BCUT2D eigenvalue weighted by molar-refractivity contribution is 6.03. The van der Waals surface area contributed by atoms with Crippen LogP contribution in [-0.4, -0.2) is 48.0 Å². The van der Waals surface area contributed by atoms with Crippen molar-refractivity contribution in [2.24, 2.45) is 4.99 Å². The summed E-state index contributed by atoms with van der Waals surface area (Å²) in [6, 6.07) is 0.296. The van der Waals surface area contributed by atoms with Crippen LogP contribution < -0.4 is 5.32 Å². The summed E-state index contributed by atoms with van der Waals surface area (Å²) in [6.45, 7) is 8.15. The number of nitrogens with one attached hydrogen (secondary N) is 1. The molecule has 1 N–H and O–H groups in total. The molecule has 3 aliphatic rings. The van der Waals surface area contributed by atoms with E-state index >= 15 is 0 Å². The molecule has 1 aliphatic heterocycles. The molecule has 1 saturated carbocycles. The average molecular weight is 505 g/mol. The van der Waals surface area contributed by atoms with Crippen molar-refractivity contribution in [2.75, 3.05) is 14.2 Å². The number of carbonyl (C=O) groups excluding carboxylic acids is 1. The van der Waals surface area contributed by atoms with Crippen molar-refractivity contribution < 1.29 is 14.3 Å². The number of amides is 1. The van der Waals surface area contributed by atoms with E-state index in [1.165, 1.54) is 16.7 Å². The fourth-order valence-electron chi connectivity index (χ4n) is 5.47. The molecule has 1 atom stereocenters. The van der Waals surface area contributed by atoms with E-state index in [1.54, 1.807) is 26.6 Å². The second-order valence-corrected chi connectivity index (χ2v) is 10.5. The Morgan fingerprint density at radius 3 is 2.59 bits per heavy atom. The van der Waals surface area contributed by atoms with Crippen molar-refractivity contribution >= 4 is 17.4 Å². The molecule has 0 aromatic carbocycles. The molecule has 1 unspecified atom stereocenters. The lowest BCUT2D eigenvalue weighted by Crippen LogP contribution is -2.41. The van der Waals surface area contributed by atoms with Crippen LogP contribution in [0.25, 0.3) is 5.57 Å². The number of nitrogens with zero attached hydrogens (tertiary/aromatic N) is 3. The maximum absolute atomic E-state index is 13.0. The monoisotopic (exact) mass is 504 g/mol. The normalized spacial score (nSPS) is 24.3. The van der Waals surface area contributed by atoms with Gasteiger partial charge >= 0.3 is 0 Å². The summed E-state index contributed by atoms with van der Waals surface area (Å²) in [5, 5.41) is 7.93. The van der Waals surface area contributed by atoms with Gasteiger partial charge in [0.05, 0.1) is 49.0 Å². The van der Waals surface area contributed by atoms with Gasteiger partial charge in [-0.2, -0.15) is 5.10 Å². The minimum atomic E-state index is -0.0188. The van der Waals surface area contributed by atoms with Crippen LogP contribution >= 0.6 is 0 Å². The van der Waals surface area contributed by atoms with E-state index in [1.807, 2.05) is 20.8 Å². The van der Waals surface area contributed by atoms with Crippen molar-refractivity contribution in [1.29, 1.82) is 0 Å². The Bertz CT molecular complexity index is 1210. The molecule has 0 radical (unpaired) electrons. The molecule has 1 amide bonds. The molecular formula is C30H40N4O3. The summed E-state index contributed by atoms with van der Waals surface area (Å²) >= 11 is 0. The number of carbonyl (C=O) groups is 1. The Labute approximate surface area is 220 Å². The van der Waals surface area contributed by atoms with Crippen LogP contribution in [0.4, 0.5) is 0 Å². The number of aromatic nitrogens is 2. The van der Waals surface area contributed by atoms with Crippen molar-refractivity contribution in [3.8, 4) is 0 Å². The van der Waals surface area contributed by atoms with Gasteiger partial charge in [-0.05, 0) is 78.2 Å². The molecular weight excluding hydrogens is 464 g/mol. The SMILES string of the molecule is COC(=N/C=C=C(C)C)/C(C)=C(\C)CC1=CC=C2c3c(cnn3C3CCC(OC)CC3)C(=O)NC2CC1. The van der Waals surface area contributed by atoms with Crippen molar-refractivity contribution in [3.63, 3.8) is 0 Å². The summed E-state index contributed by atoms with van der Waals surface area (Å²) in [4.78, 5) is 17.4. The van der Waals surface area contributed by atoms with Crippen molar-refractivity contribution in [2.45, 2.75) is 90.8 Å². The Kier molecular flexibility index (Phi) is 8.67. The third-order valence-corrected chi connectivity index (χ3v) is 7.75. The summed E-state index contributed by atoms with van der Waals surface area (Å²) < 4.78 is 13.2. The first-order valence-corrected chi connectivity index (χ1v) is 13.3. The lowest BCUT2D eigenvalue weighted by atomic mass is 9.90. The van der Waals surface area contributed by atoms with Gasteiger partial charge in [0.15, 0.2) is 0 Å². The number of ether oxygens (including phenoxy) is 2. The second kappa shape index (κ2) is 11.9. The van der Waals surface area contributed by atoms with Crippen molar-refractivity contribution in [1.82, 2.24) is 15.1 Å². The Morgan fingerprint density at radius 2 is 1.92 bits per heavy atom. The quantitative estimate of drug-likeness (QED) is 0.289.